The molecule has 28 heavy (non-hydrogen) atoms. The highest BCUT2D eigenvalue weighted by atomic mass is 16.5. The van der Waals surface area contributed by atoms with E-state index in [1.54, 1.807) is 7.11 Å². The van der Waals surface area contributed by atoms with Crippen molar-refractivity contribution in [3.63, 3.8) is 0 Å². The molecule has 1 fully saturated rings. The van der Waals surface area contributed by atoms with Crippen LogP contribution in [0.25, 0.3) is 0 Å². The number of hydrogen-bond acceptors (Lipinski definition) is 4. The Morgan fingerprint density at radius 2 is 1.54 bits per heavy atom. The Morgan fingerprint density at radius 1 is 0.929 bits per heavy atom. The number of ether oxygens (including phenoxy) is 2. The van der Waals surface area contributed by atoms with Crippen LogP contribution in [0.3, 0.4) is 0 Å². The van der Waals surface area contributed by atoms with E-state index in [4.69, 9.17) is 9.47 Å². The van der Waals surface area contributed by atoms with Crippen molar-refractivity contribution in [3.05, 3.63) is 65.2 Å². The van der Waals surface area contributed by atoms with E-state index < -0.39 is 0 Å². The molecule has 0 unspecified atom stereocenters. The molecule has 0 radical (unpaired) electrons. The molecule has 4 nitrogen and oxygen atoms in total. The molecule has 2 aromatic rings. The zero-order valence-corrected chi connectivity index (χ0v) is 17.2. The average Bonchev–Trinajstić information content (AvgIpc) is 2.69. The number of methoxy groups -OCH3 is 1. The fourth-order valence-corrected chi connectivity index (χ4v) is 3.91. The van der Waals surface area contributed by atoms with Crippen LogP contribution in [0.15, 0.2) is 48.5 Å². The number of esters is 1. The van der Waals surface area contributed by atoms with E-state index in [0.29, 0.717) is 12.3 Å². The van der Waals surface area contributed by atoms with Gasteiger partial charge in [-0.1, -0.05) is 36.4 Å². The summed E-state index contributed by atoms with van der Waals surface area (Å²) in [5.74, 6) is 1.23. The van der Waals surface area contributed by atoms with Gasteiger partial charge in [0.2, 0.25) is 0 Å². The summed E-state index contributed by atoms with van der Waals surface area (Å²) in [7, 11) is 5.81. The van der Waals surface area contributed by atoms with Crippen LogP contribution in [0.4, 0.5) is 0 Å². The van der Waals surface area contributed by atoms with Crippen LogP contribution in [0.5, 0.6) is 5.75 Å². The van der Waals surface area contributed by atoms with E-state index in [2.05, 4.69) is 43.3 Å². The molecule has 0 N–H and O–H groups in total. The van der Waals surface area contributed by atoms with Crippen LogP contribution in [0, 0.1) is 0 Å². The van der Waals surface area contributed by atoms with Gasteiger partial charge in [0.15, 0.2) is 0 Å². The number of nitrogens with zero attached hydrogens (tertiary/aromatic N) is 1. The Hall–Kier alpha value is -2.33. The molecule has 0 aromatic heterocycles. The molecule has 2 aromatic carbocycles. The van der Waals surface area contributed by atoms with Crippen molar-refractivity contribution in [1.29, 1.82) is 0 Å². The van der Waals surface area contributed by atoms with E-state index in [0.717, 1.165) is 43.5 Å². The first kappa shape index (κ1) is 20.4. The normalized spacial score (nSPS) is 19.4. The summed E-state index contributed by atoms with van der Waals surface area (Å²) in [4.78, 5) is 14.4. The minimum atomic E-state index is -0.137. The molecule has 3 rings (SSSR count). The number of benzene rings is 2. The molecule has 150 valence electrons. The third-order valence-corrected chi connectivity index (χ3v) is 5.43. The summed E-state index contributed by atoms with van der Waals surface area (Å²) in [5, 5.41) is 0. The van der Waals surface area contributed by atoms with Crippen LogP contribution >= 0.6 is 0 Å². The second kappa shape index (κ2) is 9.74. The van der Waals surface area contributed by atoms with E-state index in [9.17, 15) is 4.79 Å². The van der Waals surface area contributed by atoms with Gasteiger partial charge in [-0.2, -0.15) is 0 Å². The highest BCUT2D eigenvalue weighted by Crippen LogP contribution is 2.34. The summed E-state index contributed by atoms with van der Waals surface area (Å²) in [5.41, 5.74) is 3.71. The van der Waals surface area contributed by atoms with Crippen LogP contribution < -0.4 is 4.74 Å². The van der Waals surface area contributed by atoms with Gasteiger partial charge >= 0.3 is 5.97 Å². The van der Waals surface area contributed by atoms with Crippen LogP contribution in [0.1, 0.15) is 48.3 Å². The van der Waals surface area contributed by atoms with Gasteiger partial charge in [-0.05, 0) is 74.5 Å². The summed E-state index contributed by atoms with van der Waals surface area (Å²) in [6, 6.07) is 16.6. The minimum Gasteiger partial charge on any atom is -0.497 e. The van der Waals surface area contributed by atoms with Gasteiger partial charge < -0.3 is 14.4 Å². The van der Waals surface area contributed by atoms with Crippen molar-refractivity contribution >= 4 is 5.97 Å². The predicted molar refractivity (Wildman–Crippen MR) is 112 cm³/mol. The molecule has 0 amide bonds. The lowest BCUT2D eigenvalue weighted by Gasteiger charge is -2.28. The Labute approximate surface area is 168 Å². The lowest BCUT2D eigenvalue weighted by atomic mass is 9.82. The highest BCUT2D eigenvalue weighted by Gasteiger charge is 2.25. The van der Waals surface area contributed by atoms with Crippen molar-refractivity contribution in [3.8, 4) is 5.75 Å². The monoisotopic (exact) mass is 381 g/mol. The molecule has 4 heteroatoms. The maximum Gasteiger partial charge on any atom is 0.310 e. The molecular weight excluding hydrogens is 350 g/mol. The molecular formula is C24H31NO3. The quantitative estimate of drug-likeness (QED) is 0.659. The maximum atomic E-state index is 12.3. The maximum absolute atomic E-state index is 12.3. The fourth-order valence-electron chi connectivity index (χ4n) is 3.91. The number of hydrogen-bond donors (Lipinski definition) is 0. The second-order valence-electron chi connectivity index (χ2n) is 7.97. The molecule has 0 bridgehead atoms. The summed E-state index contributed by atoms with van der Waals surface area (Å²) >= 11 is 0. The Balaban J connectivity index is 1.45. The van der Waals surface area contributed by atoms with Crippen molar-refractivity contribution in [2.75, 3.05) is 21.2 Å². The van der Waals surface area contributed by atoms with Gasteiger partial charge in [0.05, 0.1) is 13.5 Å². The Bertz CT molecular complexity index is 744. The molecule has 0 heterocycles. The minimum absolute atomic E-state index is 0.0509. The number of rotatable bonds is 7. The lowest BCUT2D eigenvalue weighted by Crippen LogP contribution is -2.24. The molecule has 0 saturated heterocycles. The highest BCUT2D eigenvalue weighted by molar-refractivity contribution is 5.72. The van der Waals surface area contributed by atoms with E-state index in [-0.39, 0.29) is 12.1 Å². The van der Waals surface area contributed by atoms with Crippen molar-refractivity contribution in [2.45, 2.75) is 50.7 Å². The number of carbonyl (C=O) groups is 1. The Morgan fingerprint density at radius 3 is 2.11 bits per heavy atom. The predicted octanol–water partition coefficient (Wildman–Crippen LogP) is 4.57. The Kier molecular flexibility index (Phi) is 7.10. The van der Waals surface area contributed by atoms with Crippen LogP contribution in [-0.2, 0) is 22.5 Å². The van der Waals surface area contributed by atoms with Gasteiger partial charge in [0.25, 0.3) is 0 Å². The fraction of sp³-hybridized carbons (Fsp3) is 0.458. The second-order valence-corrected chi connectivity index (χ2v) is 7.97. The zero-order valence-electron chi connectivity index (χ0n) is 17.2. The van der Waals surface area contributed by atoms with Gasteiger partial charge in [-0.15, -0.1) is 0 Å². The molecule has 1 aliphatic carbocycles. The smallest absolute Gasteiger partial charge is 0.310 e. The standard InChI is InChI=1S/C24H31NO3/c1-25(2)17-19-4-8-20(9-5-19)21-10-14-23(15-11-21)28-24(26)16-18-6-12-22(27-3)13-7-18/h4-9,12-13,21,23H,10-11,14-17H2,1-3H3. The van der Waals surface area contributed by atoms with Crippen molar-refractivity contribution < 1.29 is 14.3 Å². The first-order chi connectivity index (χ1) is 13.5. The van der Waals surface area contributed by atoms with Crippen LogP contribution in [-0.4, -0.2) is 38.2 Å². The SMILES string of the molecule is COc1ccc(CC(=O)OC2CCC(c3ccc(CN(C)C)cc3)CC2)cc1. The summed E-state index contributed by atoms with van der Waals surface area (Å²) in [6.07, 6.45) is 4.41. The number of carbonyl (C=O) groups excluding carboxylic acids is 1. The first-order valence-corrected chi connectivity index (χ1v) is 10.1. The van der Waals surface area contributed by atoms with Gasteiger partial charge in [0, 0.05) is 6.54 Å². The first-order valence-electron chi connectivity index (χ1n) is 10.1. The van der Waals surface area contributed by atoms with Gasteiger partial charge in [-0.3, -0.25) is 4.79 Å². The van der Waals surface area contributed by atoms with Crippen molar-refractivity contribution in [2.24, 2.45) is 0 Å². The van der Waals surface area contributed by atoms with E-state index in [1.165, 1.54) is 11.1 Å². The molecule has 1 aliphatic rings. The molecule has 0 aliphatic heterocycles. The molecule has 0 atom stereocenters. The lowest BCUT2D eigenvalue weighted by molar-refractivity contribution is -0.149. The zero-order chi connectivity index (χ0) is 19.9. The van der Waals surface area contributed by atoms with E-state index >= 15 is 0 Å². The molecule has 0 spiro atoms. The van der Waals surface area contributed by atoms with E-state index in [1.807, 2.05) is 24.3 Å². The van der Waals surface area contributed by atoms with Crippen molar-refractivity contribution in [1.82, 2.24) is 4.90 Å². The third-order valence-electron chi connectivity index (χ3n) is 5.43. The average molecular weight is 382 g/mol. The molecule has 1 saturated carbocycles. The van der Waals surface area contributed by atoms with Crippen LogP contribution in [0.2, 0.25) is 0 Å². The largest absolute Gasteiger partial charge is 0.497 e. The summed E-state index contributed by atoms with van der Waals surface area (Å²) < 4.78 is 10.9. The topological polar surface area (TPSA) is 38.8 Å². The van der Waals surface area contributed by atoms with Gasteiger partial charge in [0.1, 0.15) is 11.9 Å². The summed E-state index contributed by atoms with van der Waals surface area (Å²) in [6.45, 7) is 0.969. The third kappa shape index (κ3) is 5.83. The van der Waals surface area contributed by atoms with Gasteiger partial charge in [-0.25, -0.2) is 0 Å².